The fourth-order valence-electron chi connectivity index (χ4n) is 3.42. The molecule has 3 N–H and O–H groups in total. The van der Waals surface area contributed by atoms with Crippen LogP contribution >= 0.6 is 0 Å². The molecule has 0 radical (unpaired) electrons. The first-order valence-electron chi connectivity index (χ1n) is 8.71. The molecular weight excluding hydrogens is 356 g/mol. The summed E-state index contributed by atoms with van der Waals surface area (Å²) < 4.78 is 5.31. The van der Waals surface area contributed by atoms with E-state index in [1.807, 2.05) is 36.4 Å². The average molecular weight is 374 g/mol. The minimum absolute atomic E-state index is 0.196. The zero-order valence-corrected chi connectivity index (χ0v) is 15.4. The summed E-state index contributed by atoms with van der Waals surface area (Å²) in [7, 11) is 3.18. The van der Waals surface area contributed by atoms with Gasteiger partial charge in [0.05, 0.1) is 23.8 Å². The Labute approximate surface area is 160 Å². The SMILES string of the molecule is CNC(=O)c1cc(-c2cccc(OC)c2)cc2c1[nH]c1ccc(C(=O)O)cc12. The summed E-state index contributed by atoms with van der Waals surface area (Å²) in [6.45, 7) is 0. The molecule has 0 fully saturated rings. The van der Waals surface area contributed by atoms with E-state index in [2.05, 4.69) is 10.3 Å². The van der Waals surface area contributed by atoms with Crippen molar-refractivity contribution in [3.05, 3.63) is 65.7 Å². The molecule has 0 aliphatic carbocycles. The Balaban J connectivity index is 2.06. The molecule has 1 aromatic heterocycles. The fourth-order valence-corrected chi connectivity index (χ4v) is 3.42. The molecule has 6 nitrogen and oxygen atoms in total. The number of methoxy groups -OCH3 is 1. The van der Waals surface area contributed by atoms with Crippen LogP contribution in [0.15, 0.2) is 54.6 Å². The Bertz CT molecular complexity index is 1240. The number of aromatic carboxylic acids is 1. The van der Waals surface area contributed by atoms with Crippen LogP contribution in [-0.2, 0) is 0 Å². The second kappa shape index (κ2) is 6.74. The summed E-state index contributed by atoms with van der Waals surface area (Å²) in [6.07, 6.45) is 0. The number of hydrogen-bond acceptors (Lipinski definition) is 3. The third-order valence-electron chi connectivity index (χ3n) is 4.83. The van der Waals surface area contributed by atoms with Crippen molar-refractivity contribution in [2.45, 2.75) is 0 Å². The first-order chi connectivity index (χ1) is 13.5. The molecule has 4 aromatic rings. The lowest BCUT2D eigenvalue weighted by molar-refractivity contribution is 0.0696. The van der Waals surface area contributed by atoms with Crippen LogP contribution in [0.25, 0.3) is 32.9 Å². The largest absolute Gasteiger partial charge is 0.497 e. The van der Waals surface area contributed by atoms with E-state index in [1.54, 1.807) is 32.4 Å². The van der Waals surface area contributed by atoms with Crippen LogP contribution in [0.4, 0.5) is 0 Å². The third kappa shape index (κ3) is 2.85. The van der Waals surface area contributed by atoms with Crippen molar-refractivity contribution in [1.82, 2.24) is 10.3 Å². The molecule has 0 spiro atoms. The lowest BCUT2D eigenvalue weighted by Crippen LogP contribution is -2.18. The number of H-pyrrole nitrogens is 1. The number of carbonyl (C=O) groups excluding carboxylic acids is 1. The molecule has 0 atom stereocenters. The van der Waals surface area contributed by atoms with Crippen LogP contribution in [0.1, 0.15) is 20.7 Å². The summed E-state index contributed by atoms with van der Waals surface area (Å²) in [6, 6.07) is 16.2. The van der Waals surface area contributed by atoms with Crippen LogP contribution in [0.3, 0.4) is 0 Å². The number of carboxylic acid groups (broad SMARTS) is 1. The molecule has 0 aliphatic heterocycles. The number of nitrogens with one attached hydrogen (secondary N) is 2. The average Bonchev–Trinajstić information content (AvgIpc) is 3.10. The first kappa shape index (κ1) is 17.6. The lowest BCUT2D eigenvalue weighted by atomic mass is 9.98. The highest BCUT2D eigenvalue weighted by Gasteiger charge is 2.17. The van der Waals surface area contributed by atoms with Gasteiger partial charge in [0.25, 0.3) is 5.91 Å². The van der Waals surface area contributed by atoms with E-state index in [1.165, 1.54) is 0 Å². The van der Waals surface area contributed by atoms with Gasteiger partial charge in [-0.25, -0.2) is 4.79 Å². The predicted octanol–water partition coefficient (Wildman–Crippen LogP) is 4.05. The van der Waals surface area contributed by atoms with Crippen LogP contribution in [0.5, 0.6) is 5.75 Å². The number of rotatable bonds is 4. The van der Waals surface area contributed by atoms with Crippen LogP contribution < -0.4 is 10.1 Å². The van der Waals surface area contributed by atoms with E-state index in [0.717, 1.165) is 27.4 Å². The number of amides is 1. The zero-order chi connectivity index (χ0) is 19.8. The Morgan fingerprint density at radius 3 is 2.54 bits per heavy atom. The van der Waals surface area contributed by atoms with Gasteiger partial charge in [-0.15, -0.1) is 0 Å². The number of fused-ring (bicyclic) bond motifs is 3. The number of aromatic amines is 1. The number of benzene rings is 3. The Hall–Kier alpha value is -3.80. The van der Waals surface area contributed by atoms with Gasteiger partial charge < -0.3 is 20.1 Å². The molecule has 0 unspecified atom stereocenters. The molecule has 28 heavy (non-hydrogen) atoms. The van der Waals surface area contributed by atoms with Gasteiger partial charge in [-0.05, 0) is 53.6 Å². The van der Waals surface area contributed by atoms with Gasteiger partial charge in [-0.1, -0.05) is 12.1 Å². The standard InChI is InChI=1S/C22H18N2O4/c1-23-21(25)18-11-14(12-4-3-5-15(8-12)28-2)10-17-16-9-13(22(26)27)6-7-19(16)24-20(17)18/h3-11,24H,1-2H3,(H,23,25)(H,26,27). The second-order valence-electron chi connectivity index (χ2n) is 6.45. The summed E-state index contributed by atoms with van der Waals surface area (Å²) in [5, 5.41) is 13.6. The summed E-state index contributed by atoms with van der Waals surface area (Å²) in [5.41, 5.74) is 3.87. The summed E-state index contributed by atoms with van der Waals surface area (Å²) in [5.74, 6) is -0.502. The maximum atomic E-state index is 12.5. The lowest BCUT2D eigenvalue weighted by Gasteiger charge is -2.09. The van der Waals surface area contributed by atoms with Crippen molar-refractivity contribution in [2.24, 2.45) is 0 Å². The van der Waals surface area contributed by atoms with Crippen LogP contribution in [0, 0.1) is 0 Å². The third-order valence-corrected chi connectivity index (χ3v) is 4.83. The quantitative estimate of drug-likeness (QED) is 0.502. The van der Waals surface area contributed by atoms with Gasteiger partial charge in [0, 0.05) is 23.3 Å². The number of hydrogen-bond donors (Lipinski definition) is 3. The van der Waals surface area contributed by atoms with Gasteiger partial charge in [-0.3, -0.25) is 4.79 Å². The number of carboxylic acids is 1. The summed E-state index contributed by atoms with van der Waals surface area (Å²) >= 11 is 0. The number of ether oxygens (including phenoxy) is 1. The van der Waals surface area contributed by atoms with E-state index < -0.39 is 5.97 Å². The minimum atomic E-state index is -0.994. The van der Waals surface area contributed by atoms with Gasteiger partial charge in [0.15, 0.2) is 0 Å². The van der Waals surface area contributed by atoms with Gasteiger partial charge >= 0.3 is 5.97 Å². The highest BCUT2D eigenvalue weighted by molar-refractivity contribution is 6.17. The highest BCUT2D eigenvalue weighted by atomic mass is 16.5. The summed E-state index contributed by atoms with van der Waals surface area (Å²) in [4.78, 5) is 27.2. The second-order valence-corrected chi connectivity index (χ2v) is 6.45. The smallest absolute Gasteiger partial charge is 0.335 e. The molecule has 0 saturated heterocycles. The van der Waals surface area contributed by atoms with Crippen LogP contribution in [-0.4, -0.2) is 36.1 Å². The van der Waals surface area contributed by atoms with Crippen molar-refractivity contribution in [3.63, 3.8) is 0 Å². The molecule has 1 amide bonds. The predicted molar refractivity (Wildman–Crippen MR) is 108 cm³/mol. The topological polar surface area (TPSA) is 91.4 Å². The zero-order valence-electron chi connectivity index (χ0n) is 15.4. The van der Waals surface area contributed by atoms with Crippen molar-refractivity contribution in [3.8, 4) is 16.9 Å². The van der Waals surface area contributed by atoms with E-state index in [0.29, 0.717) is 16.8 Å². The molecule has 6 heteroatoms. The first-order valence-corrected chi connectivity index (χ1v) is 8.71. The molecule has 3 aromatic carbocycles. The number of aromatic nitrogens is 1. The normalized spacial score (nSPS) is 10.9. The van der Waals surface area contributed by atoms with E-state index in [4.69, 9.17) is 4.74 Å². The molecule has 0 saturated carbocycles. The molecule has 1 heterocycles. The van der Waals surface area contributed by atoms with Gasteiger partial charge in [0.1, 0.15) is 5.75 Å². The molecule has 4 rings (SSSR count). The molecule has 0 bridgehead atoms. The van der Waals surface area contributed by atoms with Gasteiger partial charge in [-0.2, -0.15) is 0 Å². The Morgan fingerprint density at radius 2 is 1.82 bits per heavy atom. The molecular formula is C22H18N2O4. The van der Waals surface area contributed by atoms with Crippen molar-refractivity contribution >= 4 is 33.7 Å². The molecule has 0 aliphatic rings. The highest BCUT2D eigenvalue weighted by Crippen LogP contribution is 2.34. The van der Waals surface area contributed by atoms with Crippen molar-refractivity contribution < 1.29 is 19.4 Å². The maximum absolute atomic E-state index is 12.5. The van der Waals surface area contributed by atoms with E-state index in [-0.39, 0.29) is 11.5 Å². The van der Waals surface area contributed by atoms with Crippen molar-refractivity contribution in [1.29, 1.82) is 0 Å². The Morgan fingerprint density at radius 1 is 1.00 bits per heavy atom. The maximum Gasteiger partial charge on any atom is 0.335 e. The van der Waals surface area contributed by atoms with Gasteiger partial charge in [0.2, 0.25) is 0 Å². The monoisotopic (exact) mass is 374 g/mol. The fraction of sp³-hybridized carbons (Fsp3) is 0.0909. The van der Waals surface area contributed by atoms with E-state index in [9.17, 15) is 14.7 Å². The minimum Gasteiger partial charge on any atom is -0.497 e. The number of carbonyl (C=O) groups is 2. The van der Waals surface area contributed by atoms with Crippen LogP contribution in [0.2, 0.25) is 0 Å². The molecule has 140 valence electrons. The Kier molecular flexibility index (Phi) is 4.24. The van der Waals surface area contributed by atoms with Crippen molar-refractivity contribution in [2.75, 3.05) is 14.2 Å². The van der Waals surface area contributed by atoms with E-state index >= 15 is 0 Å².